The second-order valence-electron chi connectivity index (χ2n) is 6.69. The summed E-state index contributed by atoms with van der Waals surface area (Å²) in [6.07, 6.45) is 2.27. The Morgan fingerprint density at radius 1 is 1.04 bits per heavy atom. The van der Waals surface area contributed by atoms with Crippen molar-refractivity contribution in [3.63, 3.8) is 0 Å². The fraction of sp³-hybridized carbons (Fsp3) is 0.286. The summed E-state index contributed by atoms with van der Waals surface area (Å²) >= 11 is 3.06. The van der Waals surface area contributed by atoms with Crippen molar-refractivity contribution in [1.29, 1.82) is 0 Å². The third kappa shape index (κ3) is 4.79. The second kappa shape index (κ2) is 9.32. The van der Waals surface area contributed by atoms with E-state index in [9.17, 15) is 4.79 Å². The molecule has 0 bridgehead atoms. The van der Waals surface area contributed by atoms with Crippen molar-refractivity contribution in [3.8, 4) is 0 Å². The number of hydrogen-bond acceptors (Lipinski definition) is 6. The van der Waals surface area contributed by atoms with Crippen LogP contribution in [-0.2, 0) is 10.5 Å². The van der Waals surface area contributed by atoms with E-state index < -0.39 is 0 Å². The van der Waals surface area contributed by atoms with Crippen LogP contribution in [0.4, 0.5) is 5.13 Å². The summed E-state index contributed by atoms with van der Waals surface area (Å²) in [5.41, 5.74) is 2.26. The number of carbonyl (C=O) groups excluding carboxylic acids is 1. The van der Waals surface area contributed by atoms with Crippen LogP contribution in [0.5, 0.6) is 0 Å². The molecule has 0 saturated carbocycles. The summed E-state index contributed by atoms with van der Waals surface area (Å²) in [5.74, 6) is 0.799. The van der Waals surface area contributed by atoms with E-state index in [0.717, 1.165) is 41.6 Å². The minimum absolute atomic E-state index is 0.0381. The van der Waals surface area contributed by atoms with Gasteiger partial charge in [-0.1, -0.05) is 83.8 Å². The maximum Gasteiger partial charge on any atom is 0.248 e. The molecule has 144 valence electrons. The zero-order valence-electron chi connectivity index (χ0n) is 15.5. The molecule has 0 spiro atoms. The third-order valence-electron chi connectivity index (χ3n) is 4.71. The third-order valence-corrected chi connectivity index (χ3v) is 6.75. The molecule has 1 amide bonds. The Balaban J connectivity index is 1.42. The normalized spacial score (nSPS) is 15.4. The number of amides is 1. The molecule has 1 atom stereocenters. The van der Waals surface area contributed by atoms with Crippen LogP contribution in [0.15, 0.2) is 65.0 Å². The highest BCUT2D eigenvalue weighted by molar-refractivity contribution is 8.00. The molecule has 7 heteroatoms. The SMILES string of the molecule is O=C(Nc1nnc(SCc2ccccc2)s1)C(c1ccccc1)N1CCCC1. The second-order valence-corrected chi connectivity index (χ2v) is 8.89. The molecule has 0 aliphatic carbocycles. The molecule has 2 aromatic carbocycles. The maximum absolute atomic E-state index is 13.1. The minimum Gasteiger partial charge on any atom is -0.299 e. The number of nitrogens with zero attached hydrogens (tertiary/aromatic N) is 3. The van der Waals surface area contributed by atoms with Gasteiger partial charge in [-0.2, -0.15) is 0 Å². The molecule has 3 aromatic rings. The number of aromatic nitrogens is 2. The van der Waals surface area contributed by atoms with Crippen LogP contribution in [0.3, 0.4) is 0 Å². The highest BCUT2D eigenvalue weighted by atomic mass is 32.2. The molecule has 2 heterocycles. The zero-order chi connectivity index (χ0) is 19.2. The molecule has 1 unspecified atom stereocenters. The smallest absolute Gasteiger partial charge is 0.248 e. The van der Waals surface area contributed by atoms with Crippen LogP contribution < -0.4 is 5.32 Å². The Morgan fingerprint density at radius 2 is 1.71 bits per heavy atom. The monoisotopic (exact) mass is 410 g/mol. The van der Waals surface area contributed by atoms with Gasteiger partial charge < -0.3 is 0 Å². The molecule has 28 heavy (non-hydrogen) atoms. The van der Waals surface area contributed by atoms with Crippen molar-refractivity contribution < 1.29 is 4.79 Å². The Kier molecular flexibility index (Phi) is 6.36. The average Bonchev–Trinajstić information content (AvgIpc) is 3.41. The first-order chi connectivity index (χ1) is 13.8. The van der Waals surface area contributed by atoms with Crippen molar-refractivity contribution in [1.82, 2.24) is 15.1 Å². The first kappa shape index (κ1) is 19.1. The lowest BCUT2D eigenvalue weighted by Gasteiger charge is -2.26. The average molecular weight is 411 g/mol. The van der Waals surface area contributed by atoms with Crippen molar-refractivity contribution in [2.75, 3.05) is 18.4 Å². The van der Waals surface area contributed by atoms with Gasteiger partial charge >= 0.3 is 0 Å². The predicted molar refractivity (Wildman–Crippen MR) is 115 cm³/mol. The van der Waals surface area contributed by atoms with Gasteiger partial charge in [-0.25, -0.2) is 0 Å². The highest BCUT2D eigenvalue weighted by Crippen LogP contribution is 2.30. The maximum atomic E-state index is 13.1. The zero-order valence-corrected chi connectivity index (χ0v) is 17.1. The van der Waals surface area contributed by atoms with Crippen LogP contribution in [0.2, 0.25) is 0 Å². The van der Waals surface area contributed by atoms with Crippen molar-refractivity contribution >= 4 is 34.1 Å². The number of benzene rings is 2. The quantitative estimate of drug-likeness (QED) is 0.455. The lowest BCUT2D eigenvalue weighted by atomic mass is 10.1. The topological polar surface area (TPSA) is 58.1 Å². The van der Waals surface area contributed by atoms with E-state index in [-0.39, 0.29) is 11.9 Å². The van der Waals surface area contributed by atoms with Gasteiger partial charge in [-0.3, -0.25) is 15.0 Å². The lowest BCUT2D eigenvalue weighted by molar-refractivity contribution is -0.121. The van der Waals surface area contributed by atoms with Crippen LogP contribution in [0.25, 0.3) is 0 Å². The summed E-state index contributed by atoms with van der Waals surface area (Å²) in [5, 5.41) is 11.9. The van der Waals surface area contributed by atoms with Gasteiger partial charge in [-0.05, 0) is 37.1 Å². The van der Waals surface area contributed by atoms with E-state index in [1.54, 1.807) is 11.8 Å². The number of carbonyl (C=O) groups is 1. The number of rotatable bonds is 7. The van der Waals surface area contributed by atoms with E-state index in [1.165, 1.54) is 16.9 Å². The number of thioether (sulfide) groups is 1. The van der Waals surface area contributed by atoms with Gasteiger partial charge in [0.2, 0.25) is 11.0 Å². The minimum atomic E-state index is -0.284. The van der Waals surface area contributed by atoms with Gasteiger partial charge in [0.05, 0.1) is 0 Å². The first-order valence-corrected chi connectivity index (χ1v) is 11.2. The fourth-order valence-electron chi connectivity index (χ4n) is 3.37. The Hall–Kier alpha value is -2.22. The van der Waals surface area contributed by atoms with Crippen molar-refractivity contribution in [2.45, 2.75) is 29.0 Å². The van der Waals surface area contributed by atoms with Gasteiger partial charge in [0.25, 0.3) is 0 Å². The van der Waals surface area contributed by atoms with E-state index in [4.69, 9.17) is 0 Å². The summed E-state index contributed by atoms with van der Waals surface area (Å²) < 4.78 is 0.858. The van der Waals surface area contributed by atoms with Crippen LogP contribution in [0.1, 0.15) is 30.0 Å². The van der Waals surface area contributed by atoms with Crippen LogP contribution in [-0.4, -0.2) is 34.1 Å². The molecule has 1 fully saturated rings. The number of nitrogens with one attached hydrogen (secondary N) is 1. The summed E-state index contributed by atoms with van der Waals surface area (Å²) in [6, 6.07) is 20.0. The standard InChI is InChI=1S/C21H22N4OS2/c26-19(18(25-13-7-8-14-25)17-11-5-2-6-12-17)22-20-23-24-21(28-20)27-15-16-9-3-1-4-10-16/h1-6,9-12,18H,7-8,13-15H2,(H,22,23,26). The van der Waals surface area contributed by atoms with E-state index in [2.05, 4.69) is 32.5 Å². The van der Waals surface area contributed by atoms with E-state index >= 15 is 0 Å². The molecule has 1 aliphatic rings. The lowest BCUT2D eigenvalue weighted by Crippen LogP contribution is -2.35. The van der Waals surface area contributed by atoms with Crippen LogP contribution >= 0.6 is 23.1 Å². The summed E-state index contributed by atoms with van der Waals surface area (Å²) in [4.78, 5) is 15.3. The molecular formula is C21H22N4OS2. The van der Waals surface area contributed by atoms with Crippen LogP contribution in [0, 0.1) is 0 Å². The van der Waals surface area contributed by atoms with E-state index in [0.29, 0.717) is 5.13 Å². The number of likely N-dealkylation sites (tertiary alicyclic amines) is 1. The van der Waals surface area contributed by atoms with Gasteiger partial charge in [-0.15, -0.1) is 10.2 Å². The molecular weight excluding hydrogens is 388 g/mol. The molecule has 5 nitrogen and oxygen atoms in total. The predicted octanol–water partition coefficient (Wildman–Crippen LogP) is 4.61. The Morgan fingerprint density at radius 3 is 2.43 bits per heavy atom. The number of hydrogen-bond donors (Lipinski definition) is 1. The molecule has 1 N–H and O–H groups in total. The summed E-state index contributed by atoms with van der Waals surface area (Å²) in [6.45, 7) is 1.89. The fourth-order valence-corrected chi connectivity index (χ4v) is 5.09. The van der Waals surface area contributed by atoms with E-state index in [1.807, 2.05) is 48.5 Å². The molecule has 1 aromatic heterocycles. The van der Waals surface area contributed by atoms with Gasteiger partial charge in [0.15, 0.2) is 4.34 Å². The van der Waals surface area contributed by atoms with Gasteiger partial charge in [0.1, 0.15) is 6.04 Å². The number of anilines is 1. The molecule has 1 aliphatic heterocycles. The largest absolute Gasteiger partial charge is 0.299 e. The molecule has 0 radical (unpaired) electrons. The Bertz CT molecular complexity index is 895. The highest BCUT2D eigenvalue weighted by Gasteiger charge is 2.30. The first-order valence-electron chi connectivity index (χ1n) is 9.40. The summed E-state index contributed by atoms with van der Waals surface area (Å²) in [7, 11) is 0. The van der Waals surface area contributed by atoms with Crippen molar-refractivity contribution in [2.24, 2.45) is 0 Å². The van der Waals surface area contributed by atoms with Gasteiger partial charge in [0, 0.05) is 5.75 Å². The van der Waals surface area contributed by atoms with Crippen molar-refractivity contribution in [3.05, 3.63) is 71.8 Å². The molecule has 4 rings (SSSR count). The Labute approximate surface area is 173 Å². The molecule has 1 saturated heterocycles.